The first-order valence-electron chi connectivity index (χ1n) is 5.85. The van der Waals surface area contributed by atoms with Gasteiger partial charge in [0.25, 0.3) is 0 Å². The molecule has 1 heterocycles. The average Bonchev–Trinajstić information content (AvgIpc) is 2.33. The lowest BCUT2D eigenvalue weighted by Gasteiger charge is -2.48. The maximum Gasteiger partial charge on any atom is 0.325 e. The molecule has 1 aliphatic heterocycles. The van der Waals surface area contributed by atoms with E-state index in [-0.39, 0.29) is 6.73 Å². The van der Waals surface area contributed by atoms with Crippen LogP contribution in [0.25, 0.3) is 0 Å². The molecule has 106 valence electrons. The van der Waals surface area contributed by atoms with Gasteiger partial charge in [-0.05, 0) is 0 Å². The van der Waals surface area contributed by atoms with Gasteiger partial charge in [-0.25, -0.2) is 4.79 Å². The fourth-order valence-corrected chi connectivity index (χ4v) is 2.15. The highest BCUT2D eigenvalue weighted by atomic mass is 16.5. The van der Waals surface area contributed by atoms with Crippen LogP contribution >= 0.6 is 0 Å². The van der Waals surface area contributed by atoms with E-state index in [1.165, 1.54) is 9.80 Å². The number of carbonyl (C=O) groups is 1. The van der Waals surface area contributed by atoms with Gasteiger partial charge in [-0.2, -0.15) is 0 Å². The number of hydrogen-bond donors (Lipinski definition) is 2. The second-order valence-corrected chi connectivity index (χ2v) is 4.94. The maximum absolute atomic E-state index is 11.9. The number of urea groups is 1. The summed E-state index contributed by atoms with van der Waals surface area (Å²) in [5.74, 6) is 0. The molecule has 1 aliphatic rings. The Hall–Kier alpha value is -0.890. The van der Waals surface area contributed by atoms with Crippen molar-refractivity contribution in [1.29, 1.82) is 0 Å². The van der Waals surface area contributed by atoms with Crippen molar-refractivity contribution < 1.29 is 24.5 Å². The molecule has 7 nitrogen and oxygen atoms in total. The van der Waals surface area contributed by atoms with Crippen LogP contribution in [0.5, 0.6) is 0 Å². The van der Waals surface area contributed by atoms with E-state index in [9.17, 15) is 9.90 Å². The third-order valence-corrected chi connectivity index (χ3v) is 2.95. The van der Waals surface area contributed by atoms with Crippen LogP contribution in [0.1, 0.15) is 13.8 Å². The molecule has 7 heteroatoms. The first-order chi connectivity index (χ1) is 8.47. The largest absolute Gasteiger partial charge is 0.382 e. The van der Waals surface area contributed by atoms with Crippen LogP contribution in [0, 0.1) is 5.41 Å². The van der Waals surface area contributed by atoms with Crippen LogP contribution in [-0.4, -0.2) is 72.6 Å². The molecular formula is C11H22N2O5. The van der Waals surface area contributed by atoms with Crippen LogP contribution < -0.4 is 0 Å². The minimum atomic E-state index is -0.534. The molecule has 1 atom stereocenters. The molecule has 2 amide bonds. The second kappa shape index (κ2) is 6.33. The summed E-state index contributed by atoms with van der Waals surface area (Å²) < 4.78 is 10.5. The minimum absolute atomic E-state index is 0.341. The van der Waals surface area contributed by atoms with E-state index >= 15 is 0 Å². The number of aliphatic hydroxyl groups is 2. The van der Waals surface area contributed by atoms with E-state index in [0.717, 1.165) is 0 Å². The Morgan fingerprint density at radius 2 is 2.00 bits per heavy atom. The van der Waals surface area contributed by atoms with Gasteiger partial charge in [0, 0.05) is 19.1 Å². The molecule has 0 aliphatic carbocycles. The summed E-state index contributed by atoms with van der Waals surface area (Å²) in [7, 11) is 1.57. The standard InChI is InChI=1S/C11H22N2O5/c1-11(2)6-12(7-14)10(16)13(8-15)9(11)18-5-4-17-3/h9,14-15H,4-8H2,1-3H3. The first kappa shape index (κ1) is 15.2. The van der Waals surface area contributed by atoms with Crippen molar-refractivity contribution in [1.82, 2.24) is 9.80 Å². The zero-order valence-corrected chi connectivity index (χ0v) is 11.1. The van der Waals surface area contributed by atoms with Crippen LogP contribution in [-0.2, 0) is 9.47 Å². The fraction of sp³-hybridized carbons (Fsp3) is 0.909. The number of aliphatic hydroxyl groups excluding tert-OH is 2. The third kappa shape index (κ3) is 3.11. The molecule has 0 aromatic carbocycles. The van der Waals surface area contributed by atoms with Crippen LogP contribution in [0.4, 0.5) is 4.79 Å². The SMILES string of the molecule is COCCOC1N(CO)C(=O)N(CO)CC1(C)C. The zero-order valence-electron chi connectivity index (χ0n) is 11.1. The highest BCUT2D eigenvalue weighted by Crippen LogP contribution is 2.32. The van der Waals surface area contributed by atoms with Crippen LogP contribution in [0.15, 0.2) is 0 Å². The number of amides is 2. The number of nitrogens with zero attached hydrogens (tertiary/aromatic N) is 2. The molecule has 0 spiro atoms. The quantitative estimate of drug-likeness (QED) is 0.639. The van der Waals surface area contributed by atoms with Crippen LogP contribution in [0.2, 0.25) is 0 Å². The van der Waals surface area contributed by atoms with Crippen LogP contribution in [0.3, 0.4) is 0 Å². The Labute approximate surface area is 107 Å². The Balaban J connectivity index is 2.80. The molecule has 1 saturated heterocycles. The molecular weight excluding hydrogens is 240 g/mol. The highest BCUT2D eigenvalue weighted by Gasteiger charge is 2.45. The van der Waals surface area contributed by atoms with Gasteiger partial charge in [-0.15, -0.1) is 0 Å². The van der Waals surface area contributed by atoms with Crippen molar-refractivity contribution in [2.45, 2.75) is 20.1 Å². The average molecular weight is 262 g/mol. The molecule has 0 radical (unpaired) electrons. The third-order valence-electron chi connectivity index (χ3n) is 2.95. The summed E-state index contributed by atoms with van der Waals surface area (Å²) in [6.07, 6.45) is -0.534. The van der Waals surface area contributed by atoms with E-state index in [1.807, 2.05) is 13.8 Å². The minimum Gasteiger partial charge on any atom is -0.382 e. The van der Waals surface area contributed by atoms with Gasteiger partial charge in [0.05, 0.1) is 13.2 Å². The Bertz CT molecular complexity index is 285. The molecule has 1 rings (SSSR count). The van der Waals surface area contributed by atoms with Gasteiger partial charge >= 0.3 is 6.03 Å². The first-order valence-corrected chi connectivity index (χ1v) is 5.85. The summed E-state index contributed by atoms with van der Waals surface area (Å²) >= 11 is 0. The molecule has 0 saturated carbocycles. The van der Waals surface area contributed by atoms with E-state index in [2.05, 4.69) is 0 Å². The van der Waals surface area contributed by atoms with Gasteiger partial charge < -0.3 is 24.6 Å². The van der Waals surface area contributed by atoms with Gasteiger partial charge in [-0.1, -0.05) is 13.8 Å². The summed E-state index contributed by atoms with van der Waals surface area (Å²) in [4.78, 5) is 14.4. The smallest absolute Gasteiger partial charge is 0.325 e. The molecule has 0 bridgehead atoms. The Kier molecular flexibility index (Phi) is 5.33. The Morgan fingerprint density at radius 1 is 1.33 bits per heavy atom. The number of ether oxygens (including phenoxy) is 2. The van der Waals surface area contributed by atoms with Crippen molar-refractivity contribution in [3.05, 3.63) is 0 Å². The lowest BCUT2D eigenvalue weighted by molar-refractivity contribution is -0.164. The number of hydrogen-bond acceptors (Lipinski definition) is 5. The van der Waals surface area contributed by atoms with Gasteiger partial charge in [0.1, 0.15) is 19.7 Å². The summed E-state index contributed by atoms with van der Waals surface area (Å²) in [6, 6.07) is -0.429. The van der Waals surface area contributed by atoms with Crippen molar-refractivity contribution in [3.63, 3.8) is 0 Å². The van der Waals surface area contributed by atoms with E-state index in [0.29, 0.717) is 19.8 Å². The fourth-order valence-electron chi connectivity index (χ4n) is 2.15. The summed E-state index contributed by atoms with van der Waals surface area (Å²) in [5.41, 5.74) is -0.396. The molecule has 1 fully saturated rings. The van der Waals surface area contributed by atoms with Crippen molar-refractivity contribution >= 4 is 6.03 Å². The Morgan fingerprint density at radius 3 is 2.50 bits per heavy atom. The van der Waals surface area contributed by atoms with Gasteiger partial charge in [0.15, 0.2) is 0 Å². The van der Waals surface area contributed by atoms with Crippen molar-refractivity contribution in [2.75, 3.05) is 40.3 Å². The van der Waals surface area contributed by atoms with Crippen molar-refractivity contribution in [2.24, 2.45) is 5.41 Å². The lowest BCUT2D eigenvalue weighted by atomic mass is 9.88. The zero-order chi connectivity index (χ0) is 13.8. The highest BCUT2D eigenvalue weighted by molar-refractivity contribution is 5.75. The molecule has 1 unspecified atom stereocenters. The number of rotatable bonds is 6. The predicted molar refractivity (Wildman–Crippen MR) is 63.5 cm³/mol. The maximum atomic E-state index is 11.9. The van der Waals surface area contributed by atoms with Gasteiger partial charge in [0.2, 0.25) is 0 Å². The molecule has 0 aromatic rings. The molecule has 18 heavy (non-hydrogen) atoms. The lowest BCUT2D eigenvalue weighted by Crippen LogP contribution is -2.63. The number of methoxy groups -OCH3 is 1. The number of carbonyl (C=O) groups excluding carboxylic acids is 1. The van der Waals surface area contributed by atoms with Gasteiger partial charge in [-0.3, -0.25) is 4.90 Å². The molecule has 0 aromatic heterocycles. The van der Waals surface area contributed by atoms with E-state index < -0.39 is 24.4 Å². The topological polar surface area (TPSA) is 82.5 Å². The monoisotopic (exact) mass is 262 g/mol. The predicted octanol–water partition coefficient (Wildman–Crippen LogP) is -0.361. The molecule has 2 N–H and O–H groups in total. The second-order valence-electron chi connectivity index (χ2n) is 4.94. The van der Waals surface area contributed by atoms with E-state index in [4.69, 9.17) is 14.6 Å². The summed E-state index contributed by atoms with van der Waals surface area (Å²) in [6.45, 7) is 4.15. The summed E-state index contributed by atoms with van der Waals surface area (Å²) in [5, 5.41) is 18.5. The van der Waals surface area contributed by atoms with Crippen molar-refractivity contribution in [3.8, 4) is 0 Å². The normalized spacial score (nSPS) is 23.6. The van der Waals surface area contributed by atoms with E-state index in [1.54, 1.807) is 7.11 Å².